The molecule has 0 radical (unpaired) electrons. The third-order valence-electron chi connectivity index (χ3n) is 2.40. The first-order chi connectivity index (χ1) is 10.4. The SMILES string of the molecule is CC(C)COC(=O)OC(=O)[C@H](CC(C)C)NC(=O)OC(C)(C)C. The predicted octanol–water partition coefficient (Wildman–Crippen LogP) is 3.26. The summed E-state index contributed by atoms with van der Waals surface area (Å²) in [6.45, 7) is 12.8. The van der Waals surface area contributed by atoms with E-state index in [-0.39, 0.29) is 18.4 Å². The van der Waals surface area contributed by atoms with E-state index in [4.69, 9.17) is 9.47 Å². The molecule has 0 aliphatic rings. The van der Waals surface area contributed by atoms with Crippen LogP contribution in [-0.2, 0) is 19.0 Å². The third kappa shape index (κ3) is 11.4. The van der Waals surface area contributed by atoms with Gasteiger partial charge in [0, 0.05) is 0 Å². The molecule has 0 rings (SSSR count). The van der Waals surface area contributed by atoms with Crippen LogP contribution in [0.5, 0.6) is 0 Å². The highest BCUT2D eigenvalue weighted by Crippen LogP contribution is 2.11. The largest absolute Gasteiger partial charge is 0.516 e. The summed E-state index contributed by atoms with van der Waals surface area (Å²) >= 11 is 0. The molecule has 0 aromatic rings. The van der Waals surface area contributed by atoms with E-state index < -0.39 is 29.9 Å². The molecule has 1 N–H and O–H groups in total. The normalized spacial score (nSPS) is 12.7. The number of nitrogens with one attached hydrogen (secondary N) is 1. The van der Waals surface area contributed by atoms with Crippen molar-refractivity contribution < 1.29 is 28.6 Å². The van der Waals surface area contributed by atoms with Gasteiger partial charge in [0.05, 0.1) is 6.61 Å². The first-order valence-electron chi connectivity index (χ1n) is 7.78. The third-order valence-corrected chi connectivity index (χ3v) is 2.40. The molecular weight excluding hydrogens is 302 g/mol. The second-order valence-electron chi connectivity index (χ2n) is 7.20. The van der Waals surface area contributed by atoms with Crippen LogP contribution in [0.15, 0.2) is 0 Å². The van der Waals surface area contributed by atoms with Gasteiger partial charge in [-0.3, -0.25) is 0 Å². The Labute approximate surface area is 138 Å². The number of hydrogen-bond acceptors (Lipinski definition) is 6. The Morgan fingerprint density at radius 1 is 1.00 bits per heavy atom. The zero-order valence-corrected chi connectivity index (χ0v) is 15.1. The fourth-order valence-corrected chi connectivity index (χ4v) is 1.55. The minimum atomic E-state index is -1.07. The van der Waals surface area contributed by atoms with Crippen molar-refractivity contribution in [3.63, 3.8) is 0 Å². The zero-order valence-electron chi connectivity index (χ0n) is 15.1. The van der Waals surface area contributed by atoms with Crippen molar-refractivity contribution in [3.05, 3.63) is 0 Å². The van der Waals surface area contributed by atoms with E-state index in [1.807, 2.05) is 27.7 Å². The van der Waals surface area contributed by atoms with Gasteiger partial charge < -0.3 is 19.5 Å². The summed E-state index contributed by atoms with van der Waals surface area (Å²) in [5, 5.41) is 2.43. The summed E-state index contributed by atoms with van der Waals surface area (Å²) in [6, 6.07) is -0.976. The Morgan fingerprint density at radius 2 is 1.57 bits per heavy atom. The highest BCUT2D eigenvalue weighted by Gasteiger charge is 2.28. The number of esters is 1. The van der Waals surface area contributed by atoms with Gasteiger partial charge in [-0.1, -0.05) is 27.7 Å². The molecule has 7 heteroatoms. The topological polar surface area (TPSA) is 90.9 Å². The van der Waals surface area contributed by atoms with Crippen LogP contribution in [0.25, 0.3) is 0 Å². The Hall–Kier alpha value is -1.79. The van der Waals surface area contributed by atoms with Crippen molar-refractivity contribution in [2.75, 3.05) is 6.61 Å². The number of alkyl carbamates (subject to hydrolysis) is 1. The zero-order chi connectivity index (χ0) is 18.2. The second kappa shape index (κ2) is 9.37. The van der Waals surface area contributed by atoms with Crippen molar-refractivity contribution in [3.8, 4) is 0 Å². The van der Waals surface area contributed by atoms with Crippen molar-refractivity contribution in [2.45, 2.75) is 66.5 Å². The summed E-state index contributed by atoms with van der Waals surface area (Å²) < 4.78 is 14.5. The van der Waals surface area contributed by atoms with Crippen LogP contribution in [0.2, 0.25) is 0 Å². The van der Waals surface area contributed by atoms with Crippen molar-refractivity contribution in [1.29, 1.82) is 0 Å². The van der Waals surface area contributed by atoms with Gasteiger partial charge in [-0.25, -0.2) is 14.4 Å². The van der Waals surface area contributed by atoms with Crippen molar-refractivity contribution in [2.24, 2.45) is 11.8 Å². The van der Waals surface area contributed by atoms with E-state index in [9.17, 15) is 14.4 Å². The standard InChI is InChI=1S/C16H29NO6/c1-10(2)8-12(17-14(19)23-16(5,6)7)13(18)22-15(20)21-9-11(3)4/h10-12H,8-9H2,1-7H3,(H,17,19)/t12-/m0/s1. The maximum Gasteiger partial charge on any atom is 0.516 e. The molecule has 0 aliphatic heterocycles. The molecule has 23 heavy (non-hydrogen) atoms. The highest BCUT2D eigenvalue weighted by atomic mass is 16.7. The first kappa shape index (κ1) is 21.2. The summed E-state index contributed by atoms with van der Waals surface area (Å²) in [5.41, 5.74) is -0.688. The van der Waals surface area contributed by atoms with E-state index in [1.54, 1.807) is 20.8 Å². The van der Waals surface area contributed by atoms with Crippen LogP contribution in [0.3, 0.4) is 0 Å². The Balaban J connectivity index is 4.66. The quantitative estimate of drug-likeness (QED) is 0.593. The minimum Gasteiger partial charge on any atom is -0.444 e. The molecule has 134 valence electrons. The van der Waals surface area contributed by atoms with E-state index in [0.717, 1.165) is 0 Å². The molecule has 0 saturated heterocycles. The van der Waals surface area contributed by atoms with Gasteiger partial charge in [0.15, 0.2) is 0 Å². The van der Waals surface area contributed by atoms with Gasteiger partial charge in [-0.05, 0) is 39.0 Å². The molecule has 0 aromatic heterocycles. The number of hydrogen-bond donors (Lipinski definition) is 1. The summed E-state index contributed by atoms with van der Waals surface area (Å²) in [4.78, 5) is 35.3. The maximum atomic E-state index is 12.0. The molecule has 1 amide bonds. The lowest BCUT2D eigenvalue weighted by atomic mass is 10.0. The number of carbonyl (C=O) groups excluding carboxylic acids is 3. The maximum absolute atomic E-state index is 12.0. The van der Waals surface area contributed by atoms with Gasteiger partial charge in [0.1, 0.15) is 11.6 Å². The lowest BCUT2D eigenvalue weighted by Crippen LogP contribution is -2.45. The monoisotopic (exact) mass is 331 g/mol. The lowest BCUT2D eigenvalue weighted by Gasteiger charge is -2.23. The van der Waals surface area contributed by atoms with Crippen LogP contribution < -0.4 is 5.32 Å². The van der Waals surface area contributed by atoms with Crippen LogP contribution >= 0.6 is 0 Å². The first-order valence-corrected chi connectivity index (χ1v) is 7.78. The average Bonchev–Trinajstić information content (AvgIpc) is 2.32. The van der Waals surface area contributed by atoms with Gasteiger partial charge in [0.2, 0.25) is 0 Å². The van der Waals surface area contributed by atoms with Crippen LogP contribution in [-0.4, -0.2) is 36.5 Å². The van der Waals surface area contributed by atoms with Gasteiger partial charge in [-0.15, -0.1) is 0 Å². The van der Waals surface area contributed by atoms with E-state index in [1.165, 1.54) is 0 Å². The Morgan fingerprint density at radius 3 is 2.00 bits per heavy atom. The average molecular weight is 331 g/mol. The number of amides is 1. The van der Waals surface area contributed by atoms with Gasteiger partial charge >= 0.3 is 18.2 Å². The molecule has 0 spiro atoms. The minimum absolute atomic E-state index is 0.106. The smallest absolute Gasteiger partial charge is 0.444 e. The molecule has 0 saturated carbocycles. The molecule has 0 aromatic carbocycles. The van der Waals surface area contributed by atoms with Gasteiger partial charge in [-0.2, -0.15) is 0 Å². The second-order valence-corrected chi connectivity index (χ2v) is 7.20. The Bertz CT molecular complexity index is 411. The molecule has 0 aliphatic carbocycles. The Kier molecular flexibility index (Phi) is 8.64. The molecule has 0 heterocycles. The number of rotatable bonds is 6. The molecular formula is C16H29NO6. The van der Waals surface area contributed by atoms with Crippen LogP contribution in [0.4, 0.5) is 9.59 Å². The fourth-order valence-electron chi connectivity index (χ4n) is 1.55. The van der Waals surface area contributed by atoms with E-state index in [2.05, 4.69) is 10.1 Å². The summed E-state index contributed by atoms with van der Waals surface area (Å²) in [5.74, 6) is -0.628. The van der Waals surface area contributed by atoms with E-state index in [0.29, 0.717) is 6.42 Å². The number of ether oxygens (including phenoxy) is 3. The lowest BCUT2D eigenvalue weighted by molar-refractivity contribution is -0.142. The molecule has 1 atom stereocenters. The summed E-state index contributed by atoms with van der Waals surface area (Å²) in [7, 11) is 0. The van der Waals surface area contributed by atoms with Crippen molar-refractivity contribution in [1.82, 2.24) is 5.32 Å². The van der Waals surface area contributed by atoms with Crippen LogP contribution in [0, 0.1) is 11.8 Å². The van der Waals surface area contributed by atoms with Gasteiger partial charge in [0.25, 0.3) is 0 Å². The molecule has 0 bridgehead atoms. The molecule has 0 fully saturated rings. The predicted molar refractivity (Wildman–Crippen MR) is 84.9 cm³/mol. The van der Waals surface area contributed by atoms with Crippen LogP contribution in [0.1, 0.15) is 54.9 Å². The van der Waals surface area contributed by atoms with Crippen molar-refractivity contribution >= 4 is 18.2 Å². The molecule has 7 nitrogen and oxygen atoms in total. The highest BCUT2D eigenvalue weighted by molar-refractivity contribution is 5.88. The molecule has 0 unspecified atom stereocenters. The van der Waals surface area contributed by atoms with E-state index >= 15 is 0 Å². The number of carbonyl (C=O) groups is 3. The fraction of sp³-hybridized carbons (Fsp3) is 0.812. The summed E-state index contributed by atoms with van der Waals surface area (Å²) in [6.07, 6.45) is -1.49.